The molecule has 0 radical (unpaired) electrons. The van der Waals surface area contributed by atoms with Crippen molar-refractivity contribution >= 4 is 23.5 Å². The van der Waals surface area contributed by atoms with Gasteiger partial charge in [-0.15, -0.1) is 0 Å². The van der Waals surface area contributed by atoms with E-state index < -0.39 is 11.9 Å². The maximum atomic E-state index is 11.9. The summed E-state index contributed by atoms with van der Waals surface area (Å²) >= 11 is 6.16. The quantitative estimate of drug-likeness (QED) is 0.650. The Balaban J connectivity index is 2.43. The number of halogens is 1. The zero-order valence-electron chi connectivity index (χ0n) is 13.9. The molecule has 0 amide bonds. The molecule has 3 aromatic carbocycles. The van der Waals surface area contributed by atoms with Crippen molar-refractivity contribution in [2.45, 2.75) is 6.92 Å². The molecule has 0 spiro atoms. The third kappa shape index (κ3) is 3.19. The van der Waals surface area contributed by atoms with Crippen molar-refractivity contribution in [3.05, 3.63) is 82.4 Å². The lowest BCUT2D eigenvalue weighted by atomic mass is 9.87. The number of aryl methyl sites for hydroxylation is 1. The van der Waals surface area contributed by atoms with Gasteiger partial charge >= 0.3 is 11.9 Å². The van der Waals surface area contributed by atoms with Gasteiger partial charge in [0.2, 0.25) is 0 Å². The summed E-state index contributed by atoms with van der Waals surface area (Å²) in [5.41, 5.74) is 2.59. The Morgan fingerprint density at radius 3 is 2.15 bits per heavy atom. The highest BCUT2D eigenvalue weighted by Crippen LogP contribution is 2.39. The molecule has 4 nitrogen and oxygen atoms in total. The van der Waals surface area contributed by atoms with Crippen molar-refractivity contribution in [1.29, 1.82) is 0 Å². The minimum atomic E-state index is -1.18. The Hall–Kier alpha value is -3.11. The summed E-state index contributed by atoms with van der Waals surface area (Å²) in [5.74, 6) is -2.36. The van der Waals surface area contributed by atoms with Gasteiger partial charge in [0.15, 0.2) is 0 Å². The van der Waals surface area contributed by atoms with Gasteiger partial charge in [0, 0.05) is 10.6 Å². The van der Waals surface area contributed by atoms with E-state index in [0.717, 1.165) is 5.56 Å². The SMILES string of the molecule is Cc1ccc(C(=O)O)c(-c2ccc(Cl)cc2-c2ccccc2)c1C(=O)O. The molecule has 3 rings (SSSR count). The molecule has 130 valence electrons. The summed E-state index contributed by atoms with van der Waals surface area (Å²) in [6.07, 6.45) is 0. The molecule has 0 aromatic heterocycles. The van der Waals surface area contributed by atoms with Crippen LogP contribution >= 0.6 is 11.6 Å². The van der Waals surface area contributed by atoms with Crippen molar-refractivity contribution in [2.24, 2.45) is 0 Å². The van der Waals surface area contributed by atoms with Gasteiger partial charge in [0.1, 0.15) is 0 Å². The first-order valence-corrected chi connectivity index (χ1v) is 8.23. The molecule has 0 aliphatic heterocycles. The summed E-state index contributed by atoms with van der Waals surface area (Å²) in [6, 6.07) is 17.3. The van der Waals surface area contributed by atoms with Crippen LogP contribution in [-0.2, 0) is 0 Å². The van der Waals surface area contributed by atoms with E-state index in [2.05, 4.69) is 0 Å². The molecule has 5 heteroatoms. The summed E-state index contributed by atoms with van der Waals surface area (Å²) < 4.78 is 0. The highest BCUT2D eigenvalue weighted by molar-refractivity contribution is 6.31. The number of carboxylic acid groups (broad SMARTS) is 2. The van der Waals surface area contributed by atoms with Crippen LogP contribution in [0.15, 0.2) is 60.7 Å². The lowest BCUT2D eigenvalue weighted by Crippen LogP contribution is -2.09. The first kappa shape index (κ1) is 17.7. The maximum Gasteiger partial charge on any atom is 0.336 e. The van der Waals surface area contributed by atoms with Crippen LogP contribution in [0.3, 0.4) is 0 Å². The van der Waals surface area contributed by atoms with Crippen molar-refractivity contribution in [2.75, 3.05) is 0 Å². The normalized spacial score (nSPS) is 10.5. The van der Waals surface area contributed by atoms with E-state index in [1.165, 1.54) is 12.1 Å². The molecule has 0 saturated heterocycles. The van der Waals surface area contributed by atoms with E-state index >= 15 is 0 Å². The average molecular weight is 367 g/mol. The van der Waals surface area contributed by atoms with E-state index in [0.29, 0.717) is 21.7 Å². The molecule has 3 aromatic rings. The first-order chi connectivity index (χ1) is 12.4. The van der Waals surface area contributed by atoms with E-state index in [1.54, 1.807) is 25.1 Å². The second-order valence-corrected chi connectivity index (χ2v) is 6.28. The Morgan fingerprint density at radius 2 is 1.54 bits per heavy atom. The van der Waals surface area contributed by atoms with Gasteiger partial charge in [-0.3, -0.25) is 0 Å². The molecule has 0 aliphatic rings. The zero-order valence-corrected chi connectivity index (χ0v) is 14.6. The summed E-state index contributed by atoms with van der Waals surface area (Å²) in [6.45, 7) is 1.65. The maximum absolute atomic E-state index is 11.9. The minimum absolute atomic E-state index is 0.0237. The van der Waals surface area contributed by atoms with E-state index in [9.17, 15) is 19.8 Å². The molecular formula is C21H15ClO4. The Labute approximate surface area is 155 Å². The van der Waals surface area contributed by atoms with E-state index in [-0.39, 0.29) is 16.7 Å². The molecule has 0 atom stereocenters. The zero-order chi connectivity index (χ0) is 18.8. The Bertz CT molecular complexity index is 1010. The summed E-state index contributed by atoms with van der Waals surface area (Å²) in [7, 11) is 0. The van der Waals surface area contributed by atoms with Crippen LogP contribution in [0.4, 0.5) is 0 Å². The lowest BCUT2D eigenvalue weighted by Gasteiger charge is -2.17. The molecule has 0 saturated carbocycles. The van der Waals surface area contributed by atoms with Crippen LogP contribution in [0, 0.1) is 6.92 Å². The van der Waals surface area contributed by atoms with Gasteiger partial charge < -0.3 is 10.2 Å². The molecule has 2 N–H and O–H groups in total. The number of hydrogen-bond acceptors (Lipinski definition) is 2. The van der Waals surface area contributed by atoms with E-state index in [4.69, 9.17) is 11.6 Å². The second-order valence-electron chi connectivity index (χ2n) is 5.85. The smallest absolute Gasteiger partial charge is 0.336 e. The highest BCUT2D eigenvalue weighted by Gasteiger charge is 2.24. The number of aromatic carboxylic acids is 2. The number of benzene rings is 3. The van der Waals surface area contributed by atoms with Gasteiger partial charge in [-0.1, -0.05) is 54.1 Å². The summed E-state index contributed by atoms with van der Waals surface area (Å²) in [5, 5.41) is 19.8. The molecular weight excluding hydrogens is 352 g/mol. The Morgan fingerprint density at radius 1 is 0.846 bits per heavy atom. The monoisotopic (exact) mass is 366 g/mol. The fourth-order valence-corrected chi connectivity index (χ4v) is 3.20. The molecule has 0 bridgehead atoms. The lowest BCUT2D eigenvalue weighted by molar-refractivity contribution is 0.0695. The molecule has 0 aliphatic carbocycles. The molecule has 26 heavy (non-hydrogen) atoms. The highest BCUT2D eigenvalue weighted by atomic mass is 35.5. The molecule has 0 unspecified atom stereocenters. The third-order valence-corrected chi connectivity index (χ3v) is 4.43. The predicted octanol–water partition coefficient (Wildman–Crippen LogP) is 5.38. The van der Waals surface area contributed by atoms with Crippen molar-refractivity contribution in [3.8, 4) is 22.3 Å². The summed E-state index contributed by atoms with van der Waals surface area (Å²) in [4.78, 5) is 23.7. The topological polar surface area (TPSA) is 74.6 Å². The molecule has 0 fully saturated rings. The van der Waals surface area contributed by atoms with Gasteiger partial charge in [-0.25, -0.2) is 9.59 Å². The number of rotatable bonds is 4. The number of hydrogen-bond donors (Lipinski definition) is 2. The van der Waals surface area contributed by atoms with Gasteiger partial charge in [0.05, 0.1) is 11.1 Å². The van der Waals surface area contributed by atoms with Crippen molar-refractivity contribution in [1.82, 2.24) is 0 Å². The molecule has 0 heterocycles. The largest absolute Gasteiger partial charge is 0.478 e. The van der Waals surface area contributed by atoms with Crippen LogP contribution in [0.25, 0.3) is 22.3 Å². The third-order valence-electron chi connectivity index (χ3n) is 4.19. The minimum Gasteiger partial charge on any atom is -0.478 e. The van der Waals surface area contributed by atoms with Crippen LogP contribution in [0.1, 0.15) is 26.3 Å². The Kier molecular flexibility index (Phi) is 4.78. The average Bonchev–Trinajstić information content (AvgIpc) is 2.61. The number of carbonyl (C=O) groups is 2. The van der Waals surface area contributed by atoms with E-state index in [1.807, 2.05) is 30.3 Å². The number of carboxylic acids is 2. The fraction of sp³-hybridized carbons (Fsp3) is 0.0476. The predicted molar refractivity (Wildman–Crippen MR) is 101 cm³/mol. The van der Waals surface area contributed by atoms with Crippen LogP contribution in [0.2, 0.25) is 5.02 Å². The fourth-order valence-electron chi connectivity index (χ4n) is 3.03. The van der Waals surface area contributed by atoms with Gasteiger partial charge in [0.25, 0.3) is 0 Å². The van der Waals surface area contributed by atoms with Crippen molar-refractivity contribution in [3.63, 3.8) is 0 Å². The van der Waals surface area contributed by atoms with Crippen molar-refractivity contribution < 1.29 is 19.8 Å². The van der Waals surface area contributed by atoms with Gasteiger partial charge in [-0.2, -0.15) is 0 Å². The second kappa shape index (κ2) is 7.02. The standard InChI is InChI=1S/C21H15ClO4/c1-12-7-9-16(20(23)24)19(18(12)21(25)26)15-10-8-14(22)11-17(15)13-5-3-2-4-6-13/h2-11H,1H3,(H,23,24)(H,25,26). The first-order valence-electron chi connectivity index (χ1n) is 7.85. The van der Waals surface area contributed by atoms with Crippen LogP contribution in [-0.4, -0.2) is 22.2 Å². The van der Waals surface area contributed by atoms with Gasteiger partial charge in [-0.05, 0) is 47.4 Å². The van der Waals surface area contributed by atoms with Crippen LogP contribution in [0.5, 0.6) is 0 Å². The van der Waals surface area contributed by atoms with Crippen LogP contribution < -0.4 is 0 Å².